The van der Waals surface area contributed by atoms with Gasteiger partial charge < -0.3 is 4.90 Å². The fourth-order valence-electron chi connectivity index (χ4n) is 3.56. The molecule has 1 saturated carbocycles. The molecule has 3 heterocycles. The summed E-state index contributed by atoms with van der Waals surface area (Å²) in [6.07, 6.45) is 7.57. The van der Waals surface area contributed by atoms with Crippen LogP contribution < -0.4 is 0 Å². The Morgan fingerprint density at radius 2 is 2.12 bits per heavy atom. The summed E-state index contributed by atoms with van der Waals surface area (Å²) in [5, 5.41) is 5.72. The Kier molecular flexibility index (Phi) is 4.16. The van der Waals surface area contributed by atoms with Crippen molar-refractivity contribution in [1.29, 1.82) is 0 Å². The van der Waals surface area contributed by atoms with E-state index in [9.17, 15) is 4.79 Å². The minimum absolute atomic E-state index is 0.158. The molecular formula is C18H24N4OS. The summed E-state index contributed by atoms with van der Waals surface area (Å²) >= 11 is 1.60. The smallest absolute Gasteiger partial charge is 0.265 e. The zero-order valence-corrected chi connectivity index (χ0v) is 15.2. The summed E-state index contributed by atoms with van der Waals surface area (Å²) in [7, 11) is 0. The molecule has 1 aliphatic carbocycles. The van der Waals surface area contributed by atoms with Gasteiger partial charge in [0.05, 0.1) is 29.5 Å². The SMILES string of the molecule is Cc1cc(C)n(CC2CCCCN2C(=O)c2cnc(C3CC3)s2)n1. The quantitative estimate of drug-likeness (QED) is 0.852. The minimum Gasteiger partial charge on any atom is -0.333 e. The van der Waals surface area contributed by atoms with Crippen LogP contribution in [0, 0.1) is 13.8 Å². The highest BCUT2D eigenvalue weighted by molar-refractivity contribution is 7.13. The fraction of sp³-hybridized carbons (Fsp3) is 0.611. The lowest BCUT2D eigenvalue weighted by Crippen LogP contribution is -2.45. The molecule has 2 aromatic heterocycles. The second-order valence-corrected chi connectivity index (χ2v) is 8.16. The van der Waals surface area contributed by atoms with Crippen LogP contribution in [0.15, 0.2) is 12.3 Å². The van der Waals surface area contributed by atoms with Crippen LogP contribution >= 0.6 is 11.3 Å². The third-order valence-electron chi connectivity index (χ3n) is 5.04. The highest BCUT2D eigenvalue weighted by Crippen LogP contribution is 2.42. The number of amides is 1. The Labute approximate surface area is 146 Å². The fourth-order valence-corrected chi connectivity index (χ4v) is 4.61. The Morgan fingerprint density at radius 3 is 2.83 bits per heavy atom. The van der Waals surface area contributed by atoms with E-state index in [-0.39, 0.29) is 11.9 Å². The zero-order valence-electron chi connectivity index (χ0n) is 14.4. The summed E-state index contributed by atoms with van der Waals surface area (Å²) in [5.41, 5.74) is 2.21. The predicted molar refractivity (Wildman–Crippen MR) is 94.5 cm³/mol. The first-order chi connectivity index (χ1) is 11.6. The summed E-state index contributed by atoms with van der Waals surface area (Å²) in [6.45, 7) is 5.74. The monoisotopic (exact) mass is 344 g/mol. The topological polar surface area (TPSA) is 51.0 Å². The molecule has 0 bridgehead atoms. The van der Waals surface area contributed by atoms with Crippen LogP contribution in [0.1, 0.15) is 64.1 Å². The first-order valence-corrected chi connectivity index (χ1v) is 9.71. The summed E-state index contributed by atoms with van der Waals surface area (Å²) in [5.74, 6) is 0.772. The number of likely N-dealkylation sites (tertiary alicyclic amines) is 1. The van der Waals surface area contributed by atoms with Gasteiger partial charge in [-0.05, 0) is 52.0 Å². The Balaban J connectivity index is 1.52. The second-order valence-electron chi connectivity index (χ2n) is 7.09. The zero-order chi connectivity index (χ0) is 16.7. The van der Waals surface area contributed by atoms with Crippen LogP contribution in [0.5, 0.6) is 0 Å². The summed E-state index contributed by atoms with van der Waals surface area (Å²) < 4.78 is 2.05. The van der Waals surface area contributed by atoms with Gasteiger partial charge in [0.1, 0.15) is 4.88 Å². The minimum atomic E-state index is 0.158. The number of hydrogen-bond donors (Lipinski definition) is 0. The molecule has 24 heavy (non-hydrogen) atoms. The molecule has 128 valence electrons. The molecule has 2 fully saturated rings. The Bertz CT molecular complexity index is 746. The first-order valence-electron chi connectivity index (χ1n) is 8.89. The van der Waals surface area contributed by atoms with E-state index in [4.69, 9.17) is 0 Å². The van der Waals surface area contributed by atoms with Gasteiger partial charge in [-0.2, -0.15) is 5.10 Å². The molecule has 0 N–H and O–H groups in total. The van der Waals surface area contributed by atoms with Gasteiger partial charge in [-0.25, -0.2) is 4.98 Å². The normalized spacial score (nSPS) is 21.2. The van der Waals surface area contributed by atoms with Crippen molar-refractivity contribution in [3.63, 3.8) is 0 Å². The maximum absolute atomic E-state index is 13.0. The molecule has 1 aliphatic heterocycles. The van der Waals surface area contributed by atoms with E-state index in [1.807, 2.05) is 11.6 Å². The lowest BCUT2D eigenvalue weighted by Gasteiger charge is -2.35. The van der Waals surface area contributed by atoms with Crippen molar-refractivity contribution >= 4 is 17.2 Å². The van der Waals surface area contributed by atoms with Crippen LogP contribution in [0.2, 0.25) is 0 Å². The second kappa shape index (κ2) is 6.31. The van der Waals surface area contributed by atoms with Crippen molar-refractivity contribution in [3.05, 3.63) is 33.5 Å². The van der Waals surface area contributed by atoms with Crippen molar-refractivity contribution in [2.24, 2.45) is 0 Å². The van der Waals surface area contributed by atoms with Gasteiger partial charge >= 0.3 is 0 Å². The van der Waals surface area contributed by atoms with Gasteiger partial charge in [0.25, 0.3) is 5.91 Å². The number of hydrogen-bond acceptors (Lipinski definition) is 4. The standard InChI is InChI=1S/C18H24N4OS/c1-12-9-13(2)22(20-12)11-15-5-3-4-8-21(15)18(23)16-10-19-17(24-16)14-6-7-14/h9-10,14-15H,3-8,11H2,1-2H3. The van der Waals surface area contributed by atoms with E-state index in [0.29, 0.717) is 5.92 Å². The number of carbonyl (C=O) groups is 1. The molecular weight excluding hydrogens is 320 g/mol. The largest absolute Gasteiger partial charge is 0.333 e. The third-order valence-corrected chi connectivity index (χ3v) is 6.18. The molecule has 6 heteroatoms. The number of thiazole rings is 1. The molecule has 1 saturated heterocycles. The van der Waals surface area contributed by atoms with Crippen LogP contribution in [-0.4, -0.2) is 38.2 Å². The van der Waals surface area contributed by atoms with Gasteiger partial charge in [0.2, 0.25) is 0 Å². The average Bonchev–Trinajstić information content (AvgIpc) is 3.22. The number of aryl methyl sites for hydroxylation is 2. The van der Waals surface area contributed by atoms with Gasteiger partial charge in [-0.1, -0.05) is 0 Å². The van der Waals surface area contributed by atoms with E-state index in [0.717, 1.165) is 41.5 Å². The molecule has 0 aromatic carbocycles. The van der Waals surface area contributed by atoms with Crippen molar-refractivity contribution in [2.75, 3.05) is 6.54 Å². The van der Waals surface area contributed by atoms with E-state index >= 15 is 0 Å². The molecule has 1 atom stereocenters. The van der Waals surface area contributed by atoms with Crippen LogP contribution in [0.4, 0.5) is 0 Å². The van der Waals surface area contributed by atoms with Gasteiger partial charge in [-0.3, -0.25) is 9.48 Å². The van der Waals surface area contributed by atoms with Crippen molar-refractivity contribution < 1.29 is 4.79 Å². The number of piperidine rings is 1. The molecule has 1 amide bonds. The van der Waals surface area contributed by atoms with Gasteiger partial charge in [-0.15, -0.1) is 11.3 Å². The molecule has 0 spiro atoms. The van der Waals surface area contributed by atoms with Crippen molar-refractivity contribution in [1.82, 2.24) is 19.7 Å². The van der Waals surface area contributed by atoms with Crippen molar-refractivity contribution in [2.45, 2.75) is 64.5 Å². The maximum atomic E-state index is 13.0. The molecule has 2 aromatic rings. The lowest BCUT2D eigenvalue weighted by molar-refractivity contribution is 0.0587. The molecule has 5 nitrogen and oxygen atoms in total. The highest BCUT2D eigenvalue weighted by atomic mass is 32.1. The van der Waals surface area contributed by atoms with E-state index in [1.54, 1.807) is 17.5 Å². The van der Waals surface area contributed by atoms with Crippen LogP contribution in [0.3, 0.4) is 0 Å². The number of aromatic nitrogens is 3. The van der Waals surface area contributed by atoms with Crippen molar-refractivity contribution in [3.8, 4) is 0 Å². The number of rotatable bonds is 4. The predicted octanol–water partition coefficient (Wildman–Crippen LogP) is 3.53. The molecule has 4 rings (SSSR count). The van der Waals surface area contributed by atoms with E-state index in [1.165, 1.54) is 25.0 Å². The molecule has 1 unspecified atom stereocenters. The van der Waals surface area contributed by atoms with Gasteiger partial charge in [0.15, 0.2) is 0 Å². The van der Waals surface area contributed by atoms with Crippen LogP contribution in [-0.2, 0) is 6.54 Å². The Hall–Kier alpha value is -1.69. The molecule has 0 radical (unpaired) electrons. The maximum Gasteiger partial charge on any atom is 0.265 e. The lowest BCUT2D eigenvalue weighted by atomic mass is 10.0. The summed E-state index contributed by atoms with van der Waals surface area (Å²) in [6, 6.07) is 2.33. The highest BCUT2D eigenvalue weighted by Gasteiger charge is 2.32. The van der Waals surface area contributed by atoms with E-state index < -0.39 is 0 Å². The molecule has 2 aliphatic rings. The van der Waals surface area contributed by atoms with E-state index in [2.05, 4.69) is 28.0 Å². The first kappa shape index (κ1) is 15.8. The number of carbonyl (C=O) groups excluding carboxylic acids is 1. The average molecular weight is 344 g/mol. The third kappa shape index (κ3) is 3.11. The number of nitrogens with zero attached hydrogens (tertiary/aromatic N) is 4. The van der Waals surface area contributed by atoms with Crippen LogP contribution in [0.25, 0.3) is 0 Å². The van der Waals surface area contributed by atoms with Gasteiger partial charge in [0, 0.05) is 18.2 Å². The Morgan fingerprint density at radius 1 is 1.29 bits per heavy atom. The summed E-state index contributed by atoms with van der Waals surface area (Å²) in [4.78, 5) is 20.4.